The maximum atomic E-state index is 11.4. The Labute approximate surface area is 440 Å². The van der Waals surface area contributed by atoms with Crippen LogP contribution in [0.1, 0.15) is 53.7 Å². The number of phosphoric acid groups is 3. The van der Waals surface area contributed by atoms with Crippen LogP contribution in [0.15, 0.2) is 62.0 Å². The summed E-state index contributed by atoms with van der Waals surface area (Å²) in [5.74, 6) is -0.651. The van der Waals surface area contributed by atoms with Gasteiger partial charge >= 0.3 is 23.5 Å². The lowest BCUT2D eigenvalue weighted by Gasteiger charge is -2.34. The number of unbranched alkanes of at least 4 members (excludes halogenated alkanes) is 1. The Morgan fingerprint density at radius 1 is 0.688 bits per heavy atom. The van der Waals surface area contributed by atoms with Crippen LogP contribution in [-0.2, 0) is 65.3 Å². The first-order valence-electron chi connectivity index (χ1n) is 23.1. The average molecular weight is 1160 g/mol. The van der Waals surface area contributed by atoms with Crippen molar-refractivity contribution in [1.82, 2.24) is 40.0 Å². The minimum atomic E-state index is -4.74. The number of carbonyl (C=O) groups excluding carboxylic acids is 2. The summed E-state index contributed by atoms with van der Waals surface area (Å²) in [6.45, 7) is 13.3. The molecule has 6 aliphatic rings. The monoisotopic (exact) mass is 1160 g/mol. The van der Waals surface area contributed by atoms with Crippen LogP contribution in [0.3, 0.4) is 0 Å². The van der Waals surface area contributed by atoms with E-state index in [0.29, 0.717) is 36.0 Å². The lowest BCUT2D eigenvalue weighted by atomic mass is 10.1. The predicted octanol–water partition coefficient (Wildman–Crippen LogP) is -1.47. The van der Waals surface area contributed by atoms with Gasteiger partial charge in [-0.05, 0) is 26.7 Å². The maximum Gasteiger partial charge on any atom is 0.469 e. The van der Waals surface area contributed by atoms with Gasteiger partial charge < -0.3 is 104 Å². The van der Waals surface area contributed by atoms with Crippen LogP contribution in [-0.4, -0.2) is 204 Å². The van der Waals surface area contributed by atoms with Gasteiger partial charge in [0.05, 0.1) is 26.1 Å². The summed E-state index contributed by atoms with van der Waals surface area (Å²) < 4.78 is 81.0. The maximum absolute atomic E-state index is 11.4. The second-order valence-electron chi connectivity index (χ2n) is 17.7. The normalized spacial score (nSPS) is 29.8. The number of ether oxygens (including phenoxy) is 6. The van der Waals surface area contributed by atoms with Gasteiger partial charge in [0.15, 0.2) is 41.5 Å². The van der Waals surface area contributed by atoms with E-state index in [1.165, 1.54) is 46.7 Å². The van der Waals surface area contributed by atoms with E-state index in [0.717, 1.165) is 25.9 Å². The number of phosphoric ester groups is 3. The Morgan fingerprint density at radius 2 is 1.17 bits per heavy atom. The molecule has 77 heavy (non-hydrogen) atoms. The van der Waals surface area contributed by atoms with E-state index >= 15 is 0 Å². The third kappa shape index (κ3) is 17.4. The molecule has 0 bridgehead atoms. The summed E-state index contributed by atoms with van der Waals surface area (Å²) in [6.07, 6.45) is -1.66. The molecule has 8 rings (SSSR count). The quantitative estimate of drug-likeness (QED) is 0.0531. The summed E-state index contributed by atoms with van der Waals surface area (Å²) in [6, 6.07) is 0. The molecule has 12 atom stereocenters. The van der Waals surface area contributed by atoms with Gasteiger partial charge in [-0.25, -0.2) is 28.6 Å². The zero-order chi connectivity index (χ0) is 55.9. The molecule has 2 aromatic heterocycles. The lowest BCUT2D eigenvalue weighted by Crippen LogP contribution is -2.46. The molecule has 13 N–H and O–H groups in total. The summed E-state index contributed by atoms with van der Waals surface area (Å²) in [5.41, 5.74) is 0.819. The Kier molecular flexibility index (Phi) is 22.2. The number of anilines is 1. The number of hydrogen-bond acceptors (Lipinski definition) is 24. The Morgan fingerprint density at radius 3 is 1.70 bits per heavy atom. The number of aliphatic hydroxyl groups is 4. The summed E-state index contributed by atoms with van der Waals surface area (Å²) >= 11 is 0. The van der Waals surface area contributed by atoms with Crippen LogP contribution < -0.4 is 16.0 Å². The van der Waals surface area contributed by atoms with Crippen molar-refractivity contribution in [2.75, 3.05) is 44.9 Å². The Hall–Kier alpha value is -4.22. The standard InChI is InChI=1S/C17H28N5O8P.C13H19N2O8P.C10H15N2O8P.CH4/c1-2-3-6-28-7-4-5-18-15-12-16(20-9-19-15)22(10-21-12)17-14(24)13(23)11(30-17)8-29-31(25,26)27;1-7-14-9(16)4-5-15(7)12-11-10(22-13(2,3)23-11)8(21-12)6-20-24(17,18)19;1-5-11-7(13)2-3-12(5)10-9(15)8(14)6(20-10)4-19-21(16,17)18;/h9-11,13-14,17,23-24H,2-8H2,1H3,(H,18,19,20)(H2,25,26,27);4-5,8,10-12H,1,6H2,2-3H3,(H,14,16)(H2,17,18,19);2-3,6,8-10,14-15H,1,4H2,(H,11,13)(H2,16,17,18);1H4/t11-,13-,14-,17-;8-,10-,11?,12-;6-,8-,9-,10-;/m111./s1. The van der Waals surface area contributed by atoms with Crippen LogP contribution in [0.25, 0.3) is 11.2 Å². The number of carbonyl (C=O) groups is 2. The number of imidazole rings is 1. The van der Waals surface area contributed by atoms with Gasteiger partial charge in [-0.15, -0.1) is 0 Å². The van der Waals surface area contributed by atoms with Crippen molar-refractivity contribution in [3.63, 3.8) is 0 Å². The topological polar surface area (TPSA) is 457 Å². The number of hydrogen-bond donors (Lipinski definition) is 13. The van der Waals surface area contributed by atoms with Crippen LogP contribution in [0, 0.1) is 0 Å². The van der Waals surface area contributed by atoms with Gasteiger partial charge in [0.1, 0.15) is 72.9 Å². The van der Waals surface area contributed by atoms with Crippen molar-refractivity contribution >= 4 is 52.3 Å². The molecular weight excluding hydrogens is 1100 g/mol. The molecule has 0 spiro atoms. The van der Waals surface area contributed by atoms with Crippen molar-refractivity contribution in [2.45, 2.75) is 127 Å². The first-order chi connectivity index (χ1) is 35.6. The van der Waals surface area contributed by atoms with E-state index in [2.05, 4.69) is 64.6 Å². The molecule has 2 aromatic rings. The average Bonchev–Trinajstić information content (AvgIpc) is 4.12. The van der Waals surface area contributed by atoms with E-state index in [4.69, 9.17) is 57.8 Å². The Balaban J connectivity index is 0.000000216. The minimum absolute atomic E-state index is 0. The second kappa shape index (κ2) is 26.8. The third-order valence-corrected chi connectivity index (χ3v) is 13.0. The highest BCUT2D eigenvalue weighted by Gasteiger charge is 2.57. The summed E-state index contributed by atoms with van der Waals surface area (Å²) in [5, 5.41) is 48.4. The highest BCUT2D eigenvalue weighted by Crippen LogP contribution is 2.44. The van der Waals surface area contributed by atoms with Crippen molar-refractivity contribution in [3.05, 3.63) is 62.0 Å². The highest BCUT2D eigenvalue weighted by atomic mass is 31.2. The number of aromatic nitrogens is 4. The largest absolute Gasteiger partial charge is 0.469 e. The zero-order valence-corrected chi connectivity index (χ0v) is 43.6. The molecule has 8 heterocycles. The van der Waals surface area contributed by atoms with Gasteiger partial charge in [-0.3, -0.25) is 27.7 Å². The van der Waals surface area contributed by atoms with E-state index in [1.54, 1.807) is 18.7 Å². The first kappa shape index (κ1) is 63.6. The molecule has 434 valence electrons. The van der Waals surface area contributed by atoms with Crippen molar-refractivity contribution in [1.29, 1.82) is 0 Å². The highest BCUT2D eigenvalue weighted by molar-refractivity contribution is 7.46. The van der Waals surface area contributed by atoms with E-state index in [1.807, 2.05) is 0 Å². The first-order valence-corrected chi connectivity index (χ1v) is 27.7. The van der Waals surface area contributed by atoms with E-state index in [-0.39, 0.29) is 25.8 Å². The molecule has 2 amide bonds. The SMILES string of the molecule is C.C=C1NC(=O)C=CN1[C@@H]1O[C@H](COP(=O)(O)O)[C@@H](O)[C@H]1O.C=C1NC(=O)C=CN1[C@@H]1O[C@H](COP(=O)(O)O)[C@H]2OC(C)(C)OC12.CCCCOCCCNc1ncnc2c1ncn2[C@@H]1O[C@H](COP(=O)(O)O)[C@@H](O)[C@H]1O. The van der Waals surface area contributed by atoms with Crippen LogP contribution in [0.4, 0.5) is 5.82 Å². The molecule has 36 heteroatoms. The summed E-state index contributed by atoms with van der Waals surface area (Å²) in [4.78, 5) is 90.7. The summed E-state index contributed by atoms with van der Waals surface area (Å²) in [7, 11) is -14.1. The molecule has 0 aliphatic carbocycles. The fourth-order valence-electron chi connectivity index (χ4n) is 8.07. The number of nitrogens with one attached hydrogen (secondary N) is 3. The van der Waals surface area contributed by atoms with Crippen molar-refractivity contribution < 1.29 is 115 Å². The van der Waals surface area contributed by atoms with E-state index in [9.17, 15) is 43.7 Å². The van der Waals surface area contributed by atoms with Crippen LogP contribution >= 0.6 is 23.5 Å². The lowest BCUT2D eigenvalue weighted by molar-refractivity contribution is -0.202. The molecule has 6 aliphatic heterocycles. The number of fused-ring (bicyclic) bond motifs is 2. The van der Waals surface area contributed by atoms with Gasteiger partial charge in [-0.2, -0.15) is 0 Å². The van der Waals surface area contributed by atoms with Crippen LogP contribution in [0.5, 0.6) is 0 Å². The molecule has 1 unspecified atom stereocenters. The van der Waals surface area contributed by atoms with Gasteiger partial charge in [0.2, 0.25) is 0 Å². The Bertz CT molecular complexity index is 2580. The molecule has 4 fully saturated rings. The second-order valence-corrected chi connectivity index (χ2v) is 21.4. The third-order valence-electron chi connectivity index (χ3n) is 11.5. The molecule has 0 aromatic carbocycles. The predicted molar refractivity (Wildman–Crippen MR) is 260 cm³/mol. The molecule has 0 radical (unpaired) electrons. The van der Waals surface area contributed by atoms with Gasteiger partial charge in [0, 0.05) is 44.3 Å². The fraction of sp³-hybridized carbons (Fsp3) is 0.634. The minimum Gasteiger partial charge on any atom is -0.387 e. The molecular formula is C41H66N9O24P3. The molecule has 33 nitrogen and oxygen atoms in total. The number of aliphatic hydroxyl groups excluding tert-OH is 4. The van der Waals surface area contributed by atoms with Crippen LogP contribution in [0.2, 0.25) is 0 Å². The van der Waals surface area contributed by atoms with E-state index < -0.39 is 122 Å². The van der Waals surface area contributed by atoms with Gasteiger partial charge in [0.25, 0.3) is 11.8 Å². The molecule has 0 saturated carbocycles. The van der Waals surface area contributed by atoms with Crippen molar-refractivity contribution in [2.24, 2.45) is 0 Å². The smallest absolute Gasteiger partial charge is 0.387 e. The molecule has 4 saturated heterocycles. The zero-order valence-electron chi connectivity index (χ0n) is 40.9. The number of amides is 2. The van der Waals surface area contributed by atoms with Crippen molar-refractivity contribution in [3.8, 4) is 0 Å². The van der Waals surface area contributed by atoms with Gasteiger partial charge in [-0.1, -0.05) is 33.9 Å². The number of rotatable bonds is 20. The number of nitrogens with zero attached hydrogens (tertiary/aromatic N) is 6. The fourth-order valence-corrected chi connectivity index (χ4v) is 9.09.